The van der Waals surface area contributed by atoms with Gasteiger partial charge in [0, 0.05) is 19.6 Å². The van der Waals surface area contributed by atoms with E-state index < -0.39 is 0 Å². The van der Waals surface area contributed by atoms with Crippen molar-refractivity contribution in [3.8, 4) is 0 Å². The van der Waals surface area contributed by atoms with Gasteiger partial charge in [0.25, 0.3) is 0 Å². The zero-order chi connectivity index (χ0) is 17.4. The Morgan fingerprint density at radius 3 is 1.78 bits per heavy atom. The molecule has 0 saturated carbocycles. The highest BCUT2D eigenvalue weighted by molar-refractivity contribution is 5.24. The zero-order valence-corrected chi connectivity index (χ0v) is 16.0. The lowest BCUT2D eigenvalue weighted by molar-refractivity contribution is 0.131. The van der Waals surface area contributed by atoms with Gasteiger partial charge in [-0.1, -0.05) is 65.8 Å². The number of rotatable bonds is 10. The van der Waals surface area contributed by atoms with Crippen molar-refractivity contribution in [3.63, 3.8) is 0 Å². The predicted octanol–water partition coefficient (Wildman–Crippen LogP) is 4.92. The van der Waals surface area contributed by atoms with Crippen LogP contribution in [-0.4, -0.2) is 29.6 Å². The minimum Gasteiger partial charge on any atom is -0.388 e. The Labute approximate surface area is 143 Å². The summed E-state index contributed by atoms with van der Waals surface area (Å²) in [4.78, 5) is 2.49. The van der Waals surface area contributed by atoms with E-state index in [9.17, 15) is 5.11 Å². The molecule has 1 unspecified atom stereocenters. The van der Waals surface area contributed by atoms with Gasteiger partial charge in [0.15, 0.2) is 0 Å². The molecule has 2 nitrogen and oxygen atoms in total. The van der Waals surface area contributed by atoms with Crippen LogP contribution in [0.3, 0.4) is 0 Å². The molecule has 1 aromatic carbocycles. The fourth-order valence-corrected chi connectivity index (χ4v) is 3.11. The summed E-state index contributed by atoms with van der Waals surface area (Å²) in [6.07, 6.45) is 1.56. The Hall–Kier alpha value is -0.860. The molecule has 0 aliphatic rings. The van der Waals surface area contributed by atoms with Crippen molar-refractivity contribution in [2.75, 3.05) is 19.6 Å². The number of benzene rings is 1. The lowest BCUT2D eigenvalue weighted by Gasteiger charge is -2.27. The van der Waals surface area contributed by atoms with Gasteiger partial charge in [0.1, 0.15) is 0 Å². The molecule has 0 spiro atoms. The van der Waals surface area contributed by atoms with Crippen LogP contribution < -0.4 is 0 Å². The van der Waals surface area contributed by atoms with Crippen LogP contribution in [0.4, 0.5) is 0 Å². The second kappa shape index (κ2) is 10.1. The monoisotopic (exact) mass is 319 g/mol. The van der Waals surface area contributed by atoms with Gasteiger partial charge >= 0.3 is 0 Å². The van der Waals surface area contributed by atoms with Crippen LogP contribution in [0.5, 0.6) is 0 Å². The molecule has 0 saturated heterocycles. The maximum absolute atomic E-state index is 10.5. The van der Waals surface area contributed by atoms with E-state index in [1.54, 1.807) is 0 Å². The van der Waals surface area contributed by atoms with Crippen LogP contribution in [0.2, 0.25) is 0 Å². The Bertz CT molecular complexity index is 412. The van der Waals surface area contributed by atoms with E-state index in [2.05, 4.69) is 70.7 Å². The van der Waals surface area contributed by atoms with Crippen molar-refractivity contribution in [1.82, 2.24) is 4.90 Å². The van der Waals surface area contributed by atoms with Crippen LogP contribution in [0.25, 0.3) is 0 Å². The van der Waals surface area contributed by atoms with Crippen LogP contribution in [-0.2, 0) is 6.42 Å². The summed E-state index contributed by atoms with van der Waals surface area (Å²) in [6.45, 7) is 16.7. The van der Waals surface area contributed by atoms with Crippen LogP contribution in [0.15, 0.2) is 24.3 Å². The minimum absolute atomic E-state index is 0.357. The SMILES string of the molecule is CC(C)Cc1ccc(C(O)CCN(CC(C)C)CC(C)C)cc1. The first-order chi connectivity index (χ1) is 10.8. The van der Waals surface area contributed by atoms with Gasteiger partial charge in [0.05, 0.1) is 6.10 Å². The highest BCUT2D eigenvalue weighted by Crippen LogP contribution is 2.19. The van der Waals surface area contributed by atoms with Gasteiger partial charge in [-0.3, -0.25) is 0 Å². The topological polar surface area (TPSA) is 23.5 Å². The first-order valence-electron chi connectivity index (χ1n) is 9.27. The summed E-state index contributed by atoms with van der Waals surface area (Å²) in [5, 5.41) is 10.5. The number of aliphatic hydroxyl groups excluding tert-OH is 1. The van der Waals surface area contributed by atoms with E-state index in [0.29, 0.717) is 17.8 Å². The molecule has 1 N–H and O–H groups in total. The van der Waals surface area contributed by atoms with Crippen molar-refractivity contribution < 1.29 is 5.11 Å². The molecular formula is C21H37NO. The smallest absolute Gasteiger partial charge is 0.0802 e. The van der Waals surface area contributed by atoms with Gasteiger partial charge in [-0.15, -0.1) is 0 Å². The van der Waals surface area contributed by atoms with Crippen LogP contribution in [0, 0.1) is 17.8 Å². The molecule has 2 heteroatoms. The zero-order valence-electron chi connectivity index (χ0n) is 16.0. The predicted molar refractivity (Wildman–Crippen MR) is 101 cm³/mol. The van der Waals surface area contributed by atoms with E-state index in [1.807, 2.05) is 0 Å². The van der Waals surface area contributed by atoms with E-state index >= 15 is 0 Å². The summed E-state index contributed by atoms with van der Waals surface area (Å²) < 4.78 is 0. The molecule has 0 radical (unpaired) electrons. The Morgan fingerprint density at radius 2 is 1.35 bits per heavy atom. The molecule has 0 heterocycles. The number of aliphatic hydroxyl groups is 1. The molecular weight excluding hydrogens is 282 g/mol. The Kier molecular flexibility index (Phi) is 8.86. The maximum Gasteiger partial charge on any atom is 0.0802 e. The second-order valence-electron chi connectivity index (χ2n) is 8.19. The lowest BCUT2D eigenvalue weighted by Crippen LogP contribution is -2.33. The van der Waals surface area contributed by atoms with Gasteiger partial charge in [-0.25, -0.2) is 0 Å². The number of nitrogens with zero attached hydrogens (tertiary/aromatic N) is 1. The van der Waals surface area contributed by atoms with Gasteiger partial charge in [-0.05, 0) is 41.7 Å². The molecule has 1 rings (SSSR count). The van der Waals surface area contributed by atoms with Gasteiger partial charge in [0.2, 0.25) is 0 Å². The summed E-state index contributed by atoms with van der Waals surface area (Å²) in [6, 6.07) is 8.52. The van der Waals surface area contributed by atoms with E-state index in [1.165, 1.54) is 5.56 Å². The van der Waals surface area contributed by atoms with Gasteiger partial charge in [-0.2, -0.15) is 0 Å². The highest BCUT2D eigenvalue weighted by Gasteiger charge is 2.13. The fraction of sp³-hybridized carbons (Fsp3) is 0.714. The maximum atomic E-state index is 10.5. The van der Waals surface area contributed by atoms with Gasteiger partial charge < -0.3 is 10.0 Å². The van der Waals surface area contributed by atoms with Crippen molar-refractivity contribution in [3.05, 3.63) is 35.4 Å². The van der Waals surface area contributed by atoms with Crippen molar-refractivity contribution in [2.24, 2.45) is 17.8 Å². The van der Waals surface area contributed by atoms with Crippen molar-refractivity contribution in [1.29, 1.82) is 0 Å². The van der Waals surface area contributed by atoms with Crippen molar-refractivity contribution in [2.45, 2.75) is 60.5 Å². The normalized spacial score (nSPS) is 13.5. The average molecular weight is 320 g/mol. The van der Waals surface area contributed by atoms with Crippen LogP contribution >= 0.6 is 0 Å². The molecule has 0 bridgehead atoms. The minimum atomic E-state index is -0.357. The molecule has 0 aliphatic carbocycles. The molecule has 0 fully saturated rings. The molecule has 0 amide bonds. The van der Waals surface area contributed by atoms with Crippen LogP contribution in [0.1, 0.15) is 65.2 Å². The molecule has 1 atom stereocenters. The van der Waals surface area contributed by atoms with E-state index in [0.717, 1.165) is 38.0 Å². The molecule has 132 valence electrons. The number of hydrogen-bond donors (Lipinski definition) is 1. The molecule has 1 aromatic rings. The third kappa shape index (κ3) is 8.53. The summed E-state index contributed by atoms with van der Waals surface area (Å²) in [7, 11) is 0. The summed E-state index contributed by atoms with van der Waals surface area (Å²) in [5.41, 5.74) is 2.41. The summed E-state index contributed by atoms with van der Waals surface area (Å²) in [5.74, 6) is 2.01. The lowest BCUT2D eigenvalue weighted by atomic mass is 9.99. The largest absolute Gasteiger partial charge is 0.388 e. The highest BCUT2D eigenvalue weighted by atomic mass is 16.3. The summed E-state index contributed by atoms with van der Waals surface area (Å²) >= 11 is 0. The van der Waals surface area contributed by atoms with E-state index in [4.69, 9.17) is 0 Å². The van der Waals surface area contributed by atoms with E-state index in [-0.39, 0.29) is 6.10 Å². The first kappa shape index (κ1) is 20.2. The Balaban J connectivity index is 2.54. The molecule has 0 aromatic heterocycles. The third-order valence-corrected chi connectivity index (χ3v) is 3.97. The molecule has 0 aliphatic heterocycles. The molecule has 23 heavy (non-hydrogen) atoms. The number of hydrogen-bond acceptors (Lipinski definition) is 2. The standard InChI is InChI=1S/C21H37NO/c1-16(2)13-19-7-9-20(10-8-19)21(23)11-12-22(14-17(3)4)15-18(5)6/h7-10,16-18,21,23H,11-15H2,1-6H3. The third-order valence-electron chi connectivity index (χ3n) is 3.97. The first-order valence-corrected chi connectivity index (χ1v) is 9.27. The van der Waals surface area contributed by atoms with Crippen molar-refractivity contribution >= 4 is 0 Å². The second-order valence-corrected chi connectivity index (χ2v) is 8.19. The fourth-order valence-electron chi connectivity index (χ4n) is 3.11. The quantitative estimate of drug-likeness (QED) is 0.661. The average Bonchev–Trinajstić information content (AvgIpc) is 2.43. The Morgan fingerprint density at radius 1 is 0.826 bits per heavy atom.